The van der Waals surface area contributed by atoms with Crippen molar-refractivity contribution in [1.29, 1.82) is 0 Å². The molecule has 0 saturated heterocycles. The monoisotopic (exact) mass is 401 g/mol. The Morgan fingerprint density at radius 1 is 0.690 bits per heavy atom. The summed E-state index contributed by atoms with van der Waals surface area (Å²) in [5, 5.41) is 16.7. The first-order valence-corrected chi connectivity index (χ1v) is 12.0. The Morgan fingerprint density at radius 2 is 1.17 bits per heavy atom. The van der Waals surface area contributed by atoms with Gasteiger partial charge in [0.25, 0.3) is 0 Å². The molecule has 1 heterocycles. The van der Waals surface area contributed by atoms with Crippen LogP contribution in [0.1, 0.15) is 18.7 Å². The number of benzene rings is 3. The van der Waals surface area contributed by atoms with Crippen molar-refractivity contribution in [3.8, 4) is 0 Å². The molecule has 0 bridgehead atoms. The fourth-order valence-electron chi connectivity index (χ4n) is 3.94. The molecule has 4 aromatic rings. The van der Waals surface area contributed by atoms with E-state index >= 15 is 0 Å². The van der Waals surface area contributed by atoms with Gasteiger partial charge in [-0.05, 0) is 54.5 Å². The van der Waals surface area contributed by atoms with Gasteiger partial charge >= 0.3 is 0 Å². The molecule has 0 aliphatic carbocycles. The summed E-state index contributed by atoms with van der Waals surface area (Å²) in [5.41, 5.74) is 0. The maximum Gasteiger partial charge on any atom is 0.174 e. The molecule has 29 heavy (non-hydrogen) atoms. The van der Waals surface area contributed by atoms with Crippen molar-refractivity contribution in [2.24, 2.45) is 7.05 Å². The molecule has 0 spiro atoms. The Kier molecular flexibility index (Phi) is 6.12. The lowest BCUT2D eigenvalue weighted by molar-refractivity contribution is 0.626. The van der Waals surface area contributed by atoms with Crippen LogP contribution < -0.4 is 15.9 Å². The molecule has 0 amide bonds. The zero-order valence-corrected chi connectivity index (χ0v) is 17.6. The van der Waals surface area contributed by atoms with Crippen LogP contribution in [0, 0.1) is 0 Å². The van der Waals surface area contributed by atoms with Crippen molar-refractivity contribution >= 4 is 23.2 Å². The second kappa shape index (κ2) is 9.11. The summed E-state index contributed by atoms with van der Waals surface area (Å²) in [6, 6.07) is 33.1. The minimum Gasteiger partial charge on any atom is -0.167 e. The van der Waals surface area contributed by atoms with Gasteiger partial charge in [-0.1, -0.05) is 54.6 Å². The summed E-state index contributed by atoms with van der Waals surface area (Å²) in [6.07, 6.45) is 4.17. The van der Waals surface area contributed by atoms with Gasteiger partial charge in [-0.2, -0.15) is 4.80 Å². The maximum atomic E-state index is 4.32. The lowest BCUT2D eigenvalue weighted by atomic mass is 10.2. The highest BCUT2D eigenvalue weighted by atomic mass is 31.2. The quantitative estimate of drug-likeness (QED) is 0.335. The van der Waals surface area contributed by atoms with Gasteiger partial charge in [-0.15, -0.1) is 10.2 Å². The molecule has 0 atom stereocenters. The van der Waals surface area contributed by atoms with Crippen LogP contribution in [-0.2, 0) is 13.5 Å². The lowest BCUT2D eigenvalue weighted by Gasteiger charge is -2.27. The molecule has 0 aliphatic rings. The fraction of sp³-hybridized carbons (Fsp3) is 0.208. The van der Waals surface area contributed by atoms with Crippen LogP contribution in [0.5, 0.6) is 0 Å². The standard InChI is InChI=1S/C24H26N4P/c1-28-26-24(25-27-28)19-11-12-20-29(21-13-5-2-6-14-21,22-15-7-3-8-16-22)23-17-9-4-10-18-23/h2-10,13-18H,11-12,19-20H2,1H3/q+1. The number of tetrazole rings is 1. The van der Waals surface area contributed by atoms with Crippen LogP contribution in [-0.4, -0.2) is 26.4 Å². The Morgan fingerprint density at radius 3 is 1.59 bits per heavy atom. The largest absolute Gasteiger partial charge is 0.174 e. The van der Waals surface area contributed by atoms with E-state index in [0.717, 1.165) is 31.2 Å². The van der Waals surface area contributed by atoms with Gasteiger partial charge in [0.2, 0.25) is 0 Å². The first-order valence-electron chi connectivity index (χ1n) is 10.1. The van der Waals surface area contributed by atoms with Crippen molar-refractivity contribution in [2.45, 2.75) is 19.3 Å². The van der Waals surface area contributed by atoms with E-state index in [9.17, 15) is 0 Å². The molecule has 0 N–H and O–H groups in total. The number of hydrogen-bond acceptors (Lipinski definition) is 3. The second-order valence-electron chi connectivity index (χ2n) is 7.19. The van der Waals surface area contributed by atoms with E-state index in [1.807, 2.05) is 7.05 Å². The number of aromatic nitrogens is 4. The molecule has 0 saturated carbocycles. The summed E-state index contributed by atoms with van der Waals surface area (Å²) in [6.45, 7) is 0. The van der Waals surface area contributed by atoms with Crippen LogP contribution >= 0.6 is 7.26 Å². The molecule has 3 aromatic carbocycles. The van der Waals surface area contributed by atoms with Gasteiger partial charge < -0.3 is 0 Å². The van der Waals surface area contributed by atoms with Crippen LogP contribution in [0.4, 0.5) is 0 Å². The summed E-state index contributed by atoms with van der Waals surface area (Å²) >= 11 is 0. The summed E-state index contributed by atoms with van der Waals surface area (Å²) < 4.78 is 0. The van der Waals surface area contributed by atoms with Crippen LogP contribution in [0.3, 0.4) is 0 Å². The van der Waals surface area contributed by atoms with Crippen molar-refractivity contribution in [3.63, 3.8) is 0 Å². The highest BCUT2D eigenvalue weighted by molar-refractivity contribution is 7.95. The zero-order chi connectivity index (χ0) is 19.9. The van der Waals surface area contributed by atoms with Gasteiger partial charge in [-0.3, -0.25) is 0 Å². The number of unbranched alkanes of at least 4 members (excludes halogenated alkanes) is 1. The van der Waals surface area contributed by atoms with Crippen LogP contribution in [0.15, 0.2) is 91.0 Å². The molecule has 4 nitrogen and oxygen atoms in total. The van der Waals surface area contributed by atoms with E-state index < -0.39 is 7.26 Å². The molecular formula is C24H26N4P+. The van der Waals surface area contributed by atoms with Crippen molar-refractivity contribution in [3.05, 3.63) is 96.8 Å². The Labute approximate surface area is 172 Å². The van der Waals surface area contributed by atoms with Gasteiger partial charge in [-0.25, -0.2) is 0 Å². The summed E-state index contributed by atoms with van der Waals surface area (Å²) in [7, 11) is 0.0818. The molecule has 0 radical (unpaired) electrons. The highest BCUT2D eigenvalue weighted by Gasteiger charge is 2.44. The van der Waals surface area contributed by atoms with E-state index in [1.165, 1.54) is 20.7 Å². The summed E-state index contributed by atoms with van der Waals surface area (Å²) in [5.74, 6) is 0.829. The Bertz CT molecular complexity index is 920. The number of aryl methyl sites for hydroxylation is 2. The average molecular weight is 401 g/mol. The van der Waals surface area contributed by atoms with Crippen molar-refractivity contribution < 1.29 is 0 Å². The fourth-order valence-corrected chi connectivity index (χ4v) is 8.35. The molecular weight excluding hydrogens is 375 g/mol. The predicted molar refractivity (Wildman–Crippen MR) is 122 cm³/mol. The minimum absolute atomic E-state index is 0.829. The molecule has 1 aromatic heterocycles. The molecule has 0 aliphatic heterocycles. The molecule has 4 rings (SSSR count). The minimum atomic E-state index is -1.73. The Balaban J connectivity index is 1.69. The van der Waals surface area contributed by atoms with Gasteiger partial charge in [0.05, 0.1) is 13.2 Å². The molecule has 5 heteroatoms. The predicted octanol–water partition coefficient (Wildman–Crippen LogP) is 3.53. The normalized spacial score (nSPS) is 11.5. The molecule has 0 unspecified atom stereocenters. The third-order valence-corrected chi connectivity index (χ3v) is 9.81. The zero-order valence-electron chi connectivity index (χ0n) is 16.7. The van der Waals surface area contributed by atoms with E-state index in [1.54, 1.807) is 0 Å². The highest BCUT2D eigenvalue weighted by Crippen LogP contribution is 2.55. The third-order valence-electron chi connectivity index (χ3n) is 5.28. The number of rotatable bonds is 8. The van der Waals surface area contributed by atoms with Gasteiger partial charge in [0.15, 0.2) is 5.82 Å². The van der Waals surface area contributed by atoms with E-state index in [0.29, 0.717) is 0 Å². The lowest BCUT2D eigenvalue weighted by Crippen LogP contribution is -2.33. The number of hydrogen-bond donors (Lipinski definition) is 0. The maximum absolute atomic E-state index is 4.32. The topological polar surface area (TPSA) is 43.6 Å². The van der Waals surface area contributed by atoms with Crippen molar-refractivity contribution in [2.75, 3.05) is 6.16 Å². The number of nitrogens with zero attached hydrogens (tertiary/aromatic N) is 4. The Hall–Kier alpha value is -2.84. The summed E-state index contributed by atoms with van der Waals surface area (Å²) in [4.78, 5) is 1.53. The van der Waals surface area contributed by atoms with E-state index in [2.05, 4.69) is 106 Å². The van der Waals surface area contributed by atoms with Crippen LogP contribution in [0.25, 0.3) is 0 Å². The SMILES string of the molecule is Cn1nnc(CCCC[P+](c2ccccc2)(c2ccccc2)c2ccccc2)n1. The van der Waals surface area contributed by atoms with Crippen molar-refractivity contribution in [1.82, 2.24) is 20.2 Å². The first kappa shape index (κ1) is 19.5. The third kappa shape index (κ3) is 4.28. The van der Waals surface area contributed by atoms with Gasteiger partial charge in [0.1, 0.15) is 23.2 Å². The van der Waals surface area contributed by atoms with Crippen LogP contribution in [0.2, 0.25) is 0 Å². The first-order chi connectivity index (χ1) is 14.3. The second-order valence-corrected chi connectivity index (χ2v) is 10.8. The van der Waals surface area contributed by atoms with Gasteiger partial charge in [0, 0.05) is 6.42 Å². The average Bonchev–Trinajstić information content (AvgIpc) is 3.21. The van der Waals surface area contributed by atoms with E-state index in [-0.39, 0.29) is 0 Å². The molecule has 146 valence electrons. The van der Waals surface area contributed by atoms with E-state index in [4.69, 9.17) is 0 Å². The molecule has 0 fully saturated rings. The smallest absolute Gasteiger partial charge is 0.167 e.